The van der Waals surface area contributed by atoms with E-state index < -0.39 is 18.1 Å². The van der Waals surface area contributed by atoms with E-state index in [0.717, 1.165) is 57.8 Å². The molecule has 0 fully saturated rings. The first-order valence-corrected chi connectivity index (χ1v) is 24.3. The maximum absolute atomic E-state index is 12.7. The molecule has 0 aromatic carbocycles. The first-order valence-electron chi connectivity index (χ1n) is 24.3. The van der Waals surface area contributed by atoms with E-state index in [1.165, 1.54) is 103 Å². The fourth-order valence-electron chi connectivity index (χ4n) is 6.93. The van der Waals surface area contributed by atoms with Crippen LogP contribution in [0.4, 0.5) is 0 Å². The summed E-state index contributed by atoms with van der Waals surface area (Å²) in [6, 6.07) is -0.737. The lowest BCUT2D eigenvalue weighted by Crippen LogP contribution is -2.55. The molecule has 0 radical (unpaired) electrons. The average Bonchev–Trinajstić information content (AvgIpc) is 3.21. The number of quaternary nitrogens is 1. The van der Waals surface area contributed by atoms with Gasteiger partial charge in [-0.1, -0.05) is 190 Å². The van der Waals surface area contributed by atoms with E-state index in [0.29, 0.717) is 12.8 Å². The Bertz CT molecular complexity index is 1170. The van der Waals surface area contributed by atoms with Gasteiger partial charge in [-0.25, -0.2) is 0 Å². The van der Waals surface area contributed by atoms with Gasteiger partial charge in [-0.3, -0.25) is 9.59 Å². The standard InChI is InChI=1S/C52H91NO7/c1-6-8-10-12-14-16-18-20-22-24-25-27-28-30-32-34-36-38-40-42-50(54)59-47-48(46-58-45-44-49(52(56)57)53(3,4)5)60-51(55)43-41-39-37-35-33-31-29-26-23-21-19-17-15-13-11-9-7-2/h9,11,15,17,21,23,29,31,35,37,48-49H,6-8,10,12-14,16,18-20,22,24-28,30,32-34,36,38-47H2,1-5H3/b11-9-,17-15-,23-21-,31-29-,37-35-. The fourth-order valence-corrected chi connectivity index (χ4v) is 6.93. The van der Waals surface area contributed by atoms with E-state index in [2.05, 4.69) is 74.6 Å². The Hall–Kier alpha value is -2.97. The highest BCUT2D eigenvalue weighted by molar-refractivity contribution is 5.70. The van der Waals surface area contributed by atoms with Crippen molar-refractivity contribution >= 4 is 17.9 Å². The number of hydrogen-bond donors (Lipinski definition) is 0. The minimum atomic E-state index is -1.13. The number of carboxylic acids is 1. The van der Waals surface area contributed by atoms with Gasteiger partial charge in [0.1, 0.15) is 12.6 Å². The molecule has 346 valence electrons. The Morgan fingerprint density at radius 1 is 0.517 bits per heavy atom. The van der Waals surface area contributed by atoms with Gasteiger partial charge in [0.2, 0.25) is 0 Å². The van der Waals surface area contributed by atoms with Gasteiger partial charge >= 0.3 is 11.9 Å². The minimum absolute atomic E-state index is 0.0178. The predicted molar refractivity (Wildman–Crippen MR) is 249 cm³/mol. The van der Waals surface area contributed by atoms with Crippen molar-refractivity contribution in [3.8, 4) is 0 Å². The van der Waals surface area contributed by atoms with Gasteiger partial charge in [-0.05, 0) is 51.4 Å². The summed E-state index contributed by atoms with van der Waals surface area (Å²) in [5.74, 6) is -1.81. The summed E-state index contributed by atoms with van der Waals surface area (Å²) in [5.41, 5.74) is 0. The SMILES string of the molecule is CC/C=C\C/C=C\C/C=C\C/C=C\C/C=C\CCCC(=O)OC(COCCC(C(=O)[O-])[N+](C)(C)C)COC(=O)CCCCCCCCCCCCCCCCCCCCC. The number of likely N-dealkylation sites (N-methyl/N-ethyl adjacent to an activating group) is 1. The number of unbranched alkanes of at least 4 members (excludes halogenated alkanes) is 19. The summed E-state index contributed by atoms with van der Waals surface area (Å²) in [6.45, 7) is 4.50. The zero-order valence-electron chi connectivity index (χ0n) is 39.4. The number of carbonyl (C=O) groups is 3. The number of ether oxygens (including phenoxy) is 3. The van der Waals surface area contributed by atoms with Gasteiger partial charge in [0.25, 0.3) is 0 Å². The van der Waals surface area contributed by atoms with Crippen molar-refractivity contribution in [2.45, 2.75) is 212 Å². The molecule has 0 aromatic rings. The lowest BCUT2D eigenvalue weighted by molar-refractivity contribution is -0.889. The van der Waals surface area contributed by atoms with E-state index in [9.17, 15) is 19.5 Å². The maximum Gasteiger partial charge on any atom is 0.306 e. The van der Waals surface area contributed by atoms with Crippen LogP contribution in [-0.2, 0) is 28.6 Å². The molecule has 0 bridgehead atoms. The molecule has 0 heterocycles. The third-order valence-electron chi connectivity index (χ3n) is 10.7. The maximum atomic E-state index is 12.7. The number of allylic oxidation sites excluding steroid dienone is 10. The monoisotopic (exact) mass is 842 g/mol. The molecule has 0 saturated carbocycles. The van der Waals surface area contributed by atoms with E-state index >= 15 is 0 Å². The molecule has 0 amide bonds. The summed E-state index contributed by atoms with van der Waals surface area (Å²) in [4.78, 5) is 36.9. The molecular formula is C52H91NO7. The molecule has 8 heteroatoms. The molecule has 60 heavy (non-hydrogen) atoms. The molecule has 0 rings (SSSR count). The number of rotatable bonds is 43. The van der Waals surface area contributed by atoms with Crippen LogP contribution in [0, 0.1) is 0 Å². The minimum Gasteiger partial charge on any atom is -0.544 e. The summed E-state index contributed by atoms with van der Waals surface area (Å²) in [5, 5.41) is 11.6. The zero-order valence-corrected chi connectivity index (χ0v) is 39.4. The second-order valence-corrected chi connectivity index (χ2v) is 17.3. The highest BCUT2D eigenvalue weighted by Gasteiger charge is 2.25. The van der Waals surface area contributed by atoms with Crippen LogP contribution < -0.4 is 5.11 Å². The van der Waals surface area contributed by atoms with Gasteiger partial charge in [-0.15, -0.1) is 0 Å². The van der Waals surface area contributed by atoms with Crippen LogP contribution in [0.3, 0.4) is 0 Å². The summed E-state index contributed by atoms with van der Waals surface area (Å²) in [7, 11) is 5.39. The smallest absolute Gasteiger partial charge is 0.306 e. The van der Waals surface area contributed by atoms with Gasteiger partial charge in [-0.2, -0.15) is 0 Å². The molecule has 0 aliphatic carbocycles. The molecule has 0 aliphatic heterocycles. The van der Waals surface area contributed by atoms with Crippen molar-refractivity contribution in [1.82, 2.24) is 0 Å². The molecule has 0 aliphatic rings. The van der Waals surface area contributed by atoms with Crippen molar-refractivity contribution in [2.75, 3.05) is 41.0 Å². The Labute approximate surface area is 368 Å². The van der Waals surface area contributed by atoms with Crippen LogP contribution in [0.25, 0.3) is 0 Å². The van der Waals surface area contributed by atoms with Crippen LogP contribution in [0.2, 0.25) is 0 Å². The predicted octanol–water partition coefficient (Wildman–Crippen LogP) is 12.4. The van der Waals surface area contributed by atoms with E-state index in [1.54, 1.807) is 21.1 Å². The van der Waals surface area contributed by atoms with Crippen molar-refractivity contribution in [1.29, 1.82) is 0 Å². The Morgan fingerprint density at radius 3 is 1.37 bits per heavy atom. The molecule has 0 spiro atoms. The Morgan fingerprint density at radius 2 is 0.933 bits per heavy atom. The van der Waals surface area contributed by atoms with Crippen LogP contribution in [0.1, 0.15) is 200 Å². The molecule has 0 aromatic heterocycles. The third kappa shape index (κ3) is 40.4. The van der Waals surface area contributed by atoms with Crippen LogP contribution >= 0.6 is 0 Å². The number of nitrogens with zero attached hydrogens (tertiary/aromatic N) is 1. The molecular weight excluding hydrogens is 751 g/mol. The van der Waals surface area contributed by atoms with Crippen molar-refractivity contribution in [3.05, 3.63) is 60.8 Å². The average molecular weight is 842 g/mol. The van der Waals surface area contributed by atoms with Crippen LogP contribution in [-0.4, -0.2) is 75.5 Å². The van der Waals surface area contributed by atoms with Crippen LogP contribution in [0.15, 0.2) is 60.8 Å². The summed E-state index contributed by atoms with van der Waals surface area (Å²) >= 11 is 0. The molecule has 0 saturated heterocycles. The number of aliphatic carboxylic acids is 1. The highest BCUT2D eigenvalue weighted by atomic mass is 16.6. The van der Waals surface area contributed by atoms with E-state index in [-0.39, 0.29) is 49.1 Å². The lowest BCUT2D eigenvalue weighted by atomic mass is 10.0. The van der Waals surface area contributed by atoms with Crippen molar-refractivity contribution in [3.63, 3.8) is 0 Å². The second-order valence-electron chi connectivity index (χ2n) is 17.3. The zero-order chi connectivity index (χ0) is 44.2. The highest BCUT2D eigenvalue weighted by Crippen LogP contribution is 2.15. The second kappa shape index (κ2) is 42.7. The van der Waals surface area contributed by atoms with Crippen molar-refractivity contribution in [2.24, 2.45) is 0 Å². The Balaban J connectivity index is 4.34. The van der Waals surface area contributed by atoms with Gasteiger partial charge in [0.15, 0.2) is 6.10 Å². The third-order valence-corrected chi connectivity index (χ3v) is 10.7. The number of carbonyl (C=O) groups excluding carboxylic acids is 3. The van der Waals surface area contributed by atoms with E-state index in [1.807, 2.05) is 0 Å². The molecule has 8 nitrogen and oxygen atoms in total. The summed E-state index contributed by atoms with van der Waals surface area (Å²) in [6.07, 6.45) is 52.6. The largest absolute Gasteiger partial charge is 0.544 e. The fraction of sp³-hybridized carbons (Fsp3) is 0.750. The number of esters is 2. The topological polar surface area (TPSA) is 102 Å². The number of carboxylic acid groups (broad SMARTS) is 1. The number of hydrogen-bond acceptors (Lipinski definition) is 7. The van der Waals surface area contributed by atoms with Crippen LogP contribution in [0.5, 0.6) is 0 Å². The quantitative estimate of drug-likeness (QED) is 0.0261. The molecule has 0 N–H and O–H groups in total. The van der Waals surface area contributed by atoms with Gasteiger partial charge < -0.3 is 28.6 Å². The summed E-state index contributed by atoms with van der Waals surface area (Å²) < 4.78 is 17.2. The first-order chi connectivity index (χ1) is 29.1. The molecule has 2 atom stereocenters. The lowest BCUT2D eigenvalue weighted by Gasteiger charge is -2.34. The molecule has 2 unspecified atom stereocenters. The van der Waals surface area contributed by atoms with Crippen molar-refractivity contribution < 1.29 is 38.2 Å². The first kappa shape index (κ1) is 57.0. The van der Waals surface area contributed by atoms with E-state index in [4.69, 9.17) is 14.2 Å². The van der Waals surface area contributed by atoms with Gasteiger partial charge in [0.05, 0.1) is 40.3 Å². The normalized spacial score (nSPS) is 13.4. The Kier molecular flexibility index (Phi) is 40.6. The van der Waals surface area contributed by atoms with Gasteiger partial charge in [0, 0.05) is 19.3 Å².